The van der Waals surface area contributed by atoms with E-state index in [1.807, 2.05) is 70.2 Å². The van der Waals surface area contributed by atoms with Crippen molar-refractivity contribution in [2.24, 2.45) is 5.92 Å². The van der Waals surface area contributed by atoms with E-state index in [1.165, 1.54) is 23.1 Å². The Kier molecular flexibility index (Phi) is 11.7. The molecular weight excluding hydrogens is 601 g/mol. The molecule has 4 rings (SSSR count). The first kappa shape index (κ1) is 34.4. The molecule has 4 aromatic rings. The lowest BCUT2D eigenvalue weighted by molar-refractivity contribution is -0.140. The van der Waals surface area contributed by atoms with Crippen molar-refractivity contribution in [2.75, 3.05) is 17.4 Å². The molecule has 0 unspecified atom stereocenters. The van der Waals surface area contributed by atoms with Crippen LogP contribution in [0.1, 0.15) is 50.3 Å². The standard InChI is InChI=1S/C37H42FN3O4S/c1-27(2)24-39-37(43)35(23-29-13-7-5-8-14-29)40(25-31-15-11-12-18-34(31)38)36(42)26-41(32-21-19-30(20-22-32)28(3)4)46(44,45)33-16-9-6-10-17-33/h5-22,27-28,35H,23-26H2,1-4H3,(H,39,43)/t35-/m0/s1. The molecule has 0 heterocycles. The fourth-order valence-corrected chi connectivity index (χ4v) is 6.50. The van der Waals surface area contributed by atoms with Gasteiger partial charge in [0.25, 0.3) is 10.0 Å². The second kappa shape index (κ2) is 15.7. The van der Waals surface area contributed by atoms with Crippen LogP contribution in [0, 0.1) is 11.7 Å². The van der Waals surface area contributed by atoms with Crippen LogP contribution in [0.4, 0.5) is 10.1 Å². The van der Waals surface area contributed by atoms with Gasteiger partial charge in [-0.2, -0.15) is 0 Å². The number of hydrogen-bond donors (Lipinski definition) is 1. The highest BCUT2D eigenvalue weighted by atomic mass is 32.2. The van der Waals surface area contributed by atoms with Crippen LogP contribution in [0.25, 0.3) is 0 Å². The maximum atomic E-state index is 15.1. The van der Waals surface area contributed by atoms with Crippen LogP contribution in [0.5, 0.6) is 0 Å². The third-order valence-corrected chi connectivity index (χ3v) is 9.50. The van der Waals surface area contributed by atoms with Gasteiger partial charge in [0.05, 0.1) is 10.6 Å². The molecule has 0 aliphatic rings. The lowest BCUT2D eigenvalue weighted by atomic mass is 10.0. The molecule has 2 amide bonds. The minimum Gasteiger partial charge on any atom is -0.354 e. The summed E-state index contributed by atoms with van der Waals surface area (Å²) in [5.41, 5.74) is 2.33. The summed E-state index contributed by atoms with van der Waals surface area (Å²) in [5, 5.41) is 2.94. The number of benzene rings is 4. The third-order valence-electron chi connectivity index (χ3n) is 7.71. The molecule has 46 heavy (non-hydrogen) atoms. The molecule has 0 radical (unpaired) electrons. The van der Waals surface area contributed by atoms with Crippen LogP contribution in [-0.4, -0.2) is 44.3 Å². The first-order valence-electron chi connectivity index (χ1n) is 15.5. The quantitative estimate of drug-likeness (QED) is 0.169. The summed E-state index contributed by atoms with van der Waals surface area (Å²) in [7, 11) is -4.21. The van der Waals surface area contributed by atoms with Gasteiger partial charge in [-0.15, -0.1) is 0 Å². The number of hydrogen-bond acceptors (Lipinski definition) is 4. The first-order chi connectivity index (χ1) is 22.0. The minimum absolute atomic E-state index is 0.0203. The largest absolute Gasteiger partial charge is 0.354 e. The van der Waals surface area contributed by atoms with E-state index in [4.69, 9.17) is 0 Å². The van der Waals surface area contributed by atoms with Gasteiger partial charge < -0.3 is 10.2 Å². The van der Waals surface area contributed by atoms with Crippen LogP contribution >= 0.6 is 0 Å². The number of nitrogens with one attached hydrogen (secondary N) is 1. The predicted octanol–water partition coefficient (Wildman–Crippen LogP) is 6.56. The first-order valence-corrected chi connectivity index (χ1v) is 16.9. The van der Waals surface area contributed by atoms with Crippen LogP contribution in [-0.2, 0) is 32.6 Å². The Hall–Kier alpha value is -4.50. The van der Waals surface area contributed by atoms with Crippen molar-refractivity contribution < 1.29 is 22.4 Å². The Morgan fingerprint density at radius 1 is 0.783 bits per heavy atom. The summed E-state index contributed by atoms with van der Waals surface area (Å²) in [6.45, 7) is 7.54. The van der Waals surface area contributed by atoms with E-state index in [1.54, 1.807) is 48.5 Å². The van der Waals surface area contributed by atoms with Crippen molar-refractivity contribution in [2.45, 2.75) is 57.5 Å². The zero-order valence-corrected chi connectivity index (χ0v) is 27.6. The van der Waals surface area contributed by atoms with E-state index in [-0.39, 0.29) is 35.3 Å². The highest BCUT2D eigenvalue weighted by Crippen LogP contribution is 2.27. The van der Waals surface area contributed by atoms with Gasteiger partial charge in [-0.3, -0.25) is 13.9 Å². The number of carbonyl (C=O) groups excluding carboxylic acids is 2. The summed E-state index contributed by atoms with van der Waals surface area (Å²) in [5.74, 6) is -1.21. The topological polar surface area (TPSA) is 86.8 Å². The molecule has 0 bridgehead atoms. The van der Waals surface area contributed by atoms with Gasteiger partial charge in [0.15, 0.2) is 0 Å². The number of halogens is 1. The van der Waals surface area contributed by atoms with Crippen molar-refractivity contribution in [3.63, 3.8) is 0 Å². The number of rotatable bonds is 14. The molecule has 4 aromatic carbocycles. The van der Waals surface area contributed by atoms with Crippen molar-refractivity contribution in [3.8, 4) is 0 Å². The van der Waals surface area contributed by atoms with E-state index in [9.17, 15) is 18.0 Å². The van der Waals surface area contributed by atoms with E-state index in [0.29, 0.717) is 12.2 Å². The van der Waals surface area contributed by atoms with Gasteiger partial charge >= 0.3 is 0 Å². The van der Waals surface area contributed by atoms with Gasteiger partial charge in [-0.1, -0.05) is 107 Å². The summed E-state index contributed by atoms with van der Waals surface area (Å²) >= 11 is 0. The highest BCUT2D eigenvalue weighted by Gasteiger charge is 2.35. The fraction of sp³-hybridized carbons (Fsp3) is 0.297. The normalized spacial score (nSPS) is 12.2. The van der Waals surface area contributed by atoms with Crippen molar-refractivity contribution in [3.05, 3.63) is 132 Å². The summed E-state index contributed by atoms with van der Waals surface area (Å²) in [6, 6.07) is 29.2. The number of sulfonamides is 1. The maximum absolute atomic E-state index is 15.1. The van der Waals surface area contributed by atoms with E-state index < -0.39 is 40.2 Å². The number of anilines is 1. The van der Waals surface area contributed by atoms with Crippen LogP contribution < -0.4 is 9.62 Å². The van der Waals surface area contributed by atoms with Crippen molar-refractivity contribution in [1.82, 2.24) is 10.2 Å². The Bertz CT molecular complexity index is 1700. The maximum Gasteiger partial charge on any atom is 0.264 e. The average molecular weight is 644 g/mol. The number of nitrogens with zero attached hydrogens (tertiary/aromatic N) is 2. The van der Waals surface area contributed by atoms with E-state index in [2.05, 4.69) is 5.32 Å². The van der Waals surface area contributed by atoms with Crippen LogP contribution in [0.15, 0.2) is 114 Å². The van der Waals surface area contributed by atoms with Gasteiger partial charge in [-0.05, 0) is 53.3 Å². The molecule has 1 atom stereocenters. The van der Waals surface area contributed by atoms with Gasteiger partial charge in [-0.25, -0.2) is 12.8 Å². The highest BCUT2D eigenvalue weighted by molar-refractivity contribution is 7.92. The molecule has 1 N–H and O–H groups in total. The molecule has 9 heteroatoms. The summed E-state index contributed by atoms with van der Waals surface area (Å²) < 4.78 is 44.3. The molecule has 0 saturated carbocycles. The lowest BCUT2D eigenvalue weighted by Crippen LogP contribution is -2.53. The average Bonchev–Trinajstić information content (AvgIpc) is 3.05. The van der Waals surface area contributed by atoms with E-state index in [0.717, 1.165) is 15.4 Å². The van der Waals surface area contributed by atoms with Crippen LogP contribution in [0.2, 0.25) is 0 Å². The second-order valence-corrected chi connectivity index (χ2v) is 13.9. The van der Waals surface area contributed by atoms with Gasteiger partial charge in [0.1, 0.15) is 18.4 Å². The van der Waals surface area contributed by atoms with Crippen molar-refractivity contribution >= 4 is 27.5 Å². The summed E-state index contributed by atoms with van der Waals surface area (Å²) in [6.07, 6.45) is 0.152. The zero-order chi connectivity index (χ0) is 33.3. The molecule has 0 aliphatic heterocycles. The molecule has 0 aliphatic carbocycles. The SMILES string of the molecule is CC(C)CNC(=O)[C@H](Cc1ccccc1)N(Cc1ccccc1F)C(=O)CN(c1ccc(C(C)C)cc1)S(=O)(=O)c1ccccc1. The van der Waals surface area contributed by atoms with Gasteiger partial charge in [0, 0.05) is 25.1 Å². The minimum atomic E-state index is -4.21. The predicted molar refractivity (Wildman–Crippen MR) is 180 cm³/mol. The molecule has 7 nitrogen and oxygen atoms in total. The molecule has 0 spiro atoms. The monoisotopic (exact) mass is 643 g/mol. The third kappa shape index (κ3) is 8.81. The Labute approximate surface area is 272 Å². The Balaban J connectivity index is 1.81. The molecule has 242 valence electrons. The number of amides is 2. The molecule has 0 saturated heterocycles. The smallest absolute Gasteiger partial charge is 0.264 e. The Morgan fingerprint density at radius 2 is 1.37 bits per heavy atom. The molecule has 0 fully saturated rings. The van der Waals surface area contributed by atoms with Crippen molar-refractivity contribution in [1.29, 1.82) is 0 Å². The molecule has 0 aromatic heterocycles. The van der Waals surface area contributed by atoms with Crippen LogP contribution in [0.3, 0.4) is 0 Å². The van der Waals surface area contributed by atoms with E-state index >= 15 is 4.39 Å². The summed E-state index contributed by atoms with van der Waals surface area (Å²) in [4.78, 5) is 29.6. The van der Waals surface area contributed by atoms with Gasteiger partial charge in [0.2, 0.25) is 11.8 Å². The zero-order valence-electron chi connectivity index (χ0n) is 26.8. The second-order valence-electron chi connectivity index (χ2n) is 12.0. The lowest BCUT2D eigenvalue weighted by Gasteiger charge is -2.34. The fourth-order valence-electron chi connectivity index (χ4n) is 5.06. The Morgan fingerprint density at radius 3 is 1.96 bits per heavy atom. The molecular formula is C37H42FN3O4S. The number of carbonyl (C=O) groups is 2.